The Kier molecular flexibility index (Phi) is 3.56. The summed E-state index contributed by atoms with van der Waals surface area (Å²) in [6.07, 6.45) is 1.33. The SMILES string of the molecule is O=C(N[C@@H]1CCS(=O)(=O)C1)c1cc(-c2ccc3c(c2)CCO3)n[nH]1. The van der Waals surface area contributed by atoms with Crippen LogP contribution in [0.3, 0.4) is 0 Å². The van der Waals surface area contributed by atoms with Crippen molar-refractivity contribution in [2.75, 3.05) is 18.1 Å². The number of fused-ring (bicyclic) bond motifs is 1. The normalized spacial score (nSPS) is 21.2. The third-order valence-corrected chi connectivity index (χ3v) is 6.14. The minimum atomic E-state index is -3.02. The summed E-state index contributed by atoms with van der Waals surface area (Å²) in [4.78, 5) is 12.2. The quantitative estimate of drug-likeness (QED) is 0.860. The van der Waals surface area contributed by atoms with E-state index in [1.165, 1.54) is 0 Å². The number of aromatic nitrogens is 2. The molecule has 8 heteroatoms. The maximum Gasteiger partial charge on any atom is 0.269 e. The lowest BCUT2D eigenvalue weighted by Gasteiger charge is -2.08. The topological polar surface area (TPSA) is 101 Å². The van der Waals surface area contributed by atoms with E-state index in [-0.39, 0.29) is 23.5 Å². The molecule has 4 rings (SSSR count). The minimum Gasteiger partial charge on any atom is -0.493 e. The number of aromatic amines is 1. The van der Waals surface area contributed by atoms with Gasteiger partial charge in [0.25, 0.3) is 5.91 Å². The monoisotopic (exact) mass is 347 g/mol. The van der Waals surface area contributed by atoms with Crippen LogP contribution in [0.4, 0.5) is 0 Å². The Morgan fingerprint density at radius 1 is 1.33 bits per heavy atom. The number of hydrogen-bond donors (Lipinski definition) is 2. The van der Waals surface area contributed by atoms with Gasteiger partial charge in [-0.2, -0.15) is 5.10 Å². The second-order valence-electron chi connectivity index (χ2n) is 6.16. The summed E-state index contributed by atoms with van der Waals surface area (Å²) in [5.74, 6) is 0.698. The summed E-state index contributed by atoms with van der Waals surface area (Å²) in [5.41, 5.74) is 3.05. The second kappa shape index (κ2) is 5.62. The summed E-state index contributed by atoms with van der Waals surface area (Å²) in [6, 6.07) is 7.19. The molecule has 0 unspecified atom stereocenters. The fourth-order valence-electron chi connectivity index (χ4n) is 3.10. The number of rotatable bonds is 3. The molecule has 0 radical (unpaired) electrons. The van der Waals surface area contributed by atoms with Gasteiger partial charge in [-0.15, -0.1) is 0 Å². The molecule has 0 saturated carbocycles. The minimum absolute atomic E-state index is 0.00452. The lowest BCUT2D eigenvalue weighted by atomic mass is 10.1. The van der Waals surface area contributed by atoms with E-state index < -0.39 is 9.84 Å². The van der Waals surface area contributed by atoms with E-state index in [1.807, 2.05) is 18.2 Å². The first-order valence-electron chi connectivity index (χ1n) is 7.83. The fourth-order valence-corrected chi connectivity index (χ4v) is 4.78. The van der Waals surface area contributed by atoms with Gasteiger partial charge >= 0.3 is 0 Å². The van der Waals surface area contributed by atoms with Crippen molar-refractivity contribution in [3.8, 4) is 17.0 Å². The predicted octanol–water partition coefficient (Wildman–Crippen LogP) is 0.928. The molecule has 126 valence electrons. The van der Waals surface area contributed by atoms with Crippen LogP contribution >= 0.6 is 0 Å². The molecule has 3 heterocycles. The number of carbonyl (C=O) groups excluding carboxylic acids is 1. The number of benzene rings is 1. The maximum atomic E-state index is 12.2. The molecule has 1 aromatic carbocycles. The van der Waals surface area contributed by atoms with Gasteiger partial charge in [-0.05, 0) is 36.2 Å². The van der Waals surface area contributed by atoms with Crippen LogP contribution in [0.2, 0.25) is 0 Å². The van der Waals surface area contributed by atoms with E-state index in [2.05, 4.69) is 15.5 Å². The number of H-pyrrole nitrogens is 1. The van der Waals surface area contributed by atoms with Crippen LogP contribution in [0.1, 0.15) is 22.5 Å². The molecule has 2 aliphatic rings. The Labute approximate surface area is 139 Å². The Morgan fingerprint density at radius 2 is 2.21 bits per heavy atom. The average molecular weight is 347 g/mol. The smallest absolute Gasteiger partial charge is 0.269 e. The molecule has 0 spiro atoms. The fraction of sp³-hybridized carbons (Fsp3) is 0.375. The van der Waals surface area contributed by atoms with Crippen LogP contribution in [0.5, 0.6) is 5.75 Å². The molecule has 1 atom stereocenters. The highest BCUT2D eigenvalue weighted by Gasteiger charge is 2.29. The summed E-state index contributed by atoms with van der Waals surface area (Å²) in [6.45, 7) is 0.692. The van der Waals surface area contributed by atoms with Crippen molar-refractivity contribution in [1.82, 2.24) is 15.5 Å². The van der Waals surface area contributed by atoms with Gasteiger partial charge in [-0.1, -0.05) is 0 Å². The summed E-state index contributed by atoms with van der Waals surface area (Å²) < 4.78 is 28.4. The first kappa shape index (κ1) is 15.2. The molecular formula is C16H17N3O4S. The van der Waals surface area contributed by atoms with Gasteiger partial charge in [-0.3, -0.25) is 9.89 Å². The van der Waals surface area contributed by atoms with Crippen molar-refractivity contribution in [3.63, 3.8) is 0 Å². The zero-order valence-corrected chi connectivity index (χ0v) is 13.7. The van der Waals surface area contributed by atoms with E-state index >= 15 is 0 Å². The molecule has 1 aromatic heterocycles. The first-order valence-corrected chi connectivity index (χ1v) is 9.65. The number of hydrogen-bond acceptors (Lipinski definition) is 5. The Hall–Kier alpha value is -2.35. The third-order valence-electron chi connectivity index (χ3n) is 4.38. The van der Waals surface area contributed by atoms with Crippen molar-refractivity contribution in [3.05, 3.63) is 35.5 Å². The van der Waals surface area contributed by atoms with Crippen molar-refractivity contribution in [2.45, 2.75) is 18.9 Å². The molecule has 24 heavy (non-hydrogen) atoms. The van der Waals surface area contributed by atoms with Crippen LogP contribution in [0.15, 0.2) is 24.3 Å². The van der Waals surface area contributed by atoms with E-state index in [9.17, 15) is 13.2 Å². The zero-order valence-electron chi connectivity index (χ0n) is 12.9. The first-order chi connectivity index (χ1) is 11.5. The molecule has 7 nitrogen and oxygen atoms in total. The number of nitrogens with zero attached hydrogens (tertiary/aromatic N) is 1. The molecule has 2 aromatic rings. The maximum absolute atomic E-state index is 12.2. The standard InChI is InChI=1S/C16H17N3O4S/c20-16(17-12-4-6-24(21,22)9-12)14-8-13(18-19-14)10-1-2-15-11(7-10)3-5-23-15/h1-2,7-8,12H,3-6,9H2,(H,17,20)(H,18,19)/t12-/m1/s1. The molecule has 2 aliphatic heterocycles. The van der Waals surface area contributed by atoms with Gasteiger partial charge in [0.1, 0.15) is 11.4 Å². The largest absolute Gasteiger partial charge is 0.493 e. The molecular weight excluding hydrogens is 330 g/mol. The second-order valence-corrected chi connectivity index (χ2v) is 8.39. The molecule has 1 fully saturated rings. The number of ether oxygens (including phenoxy) is 1. The van der Waals surface area contributed by atoms with Crippen LogP contribution < -0.4 is 10.1 Å². The van der Waals surface area contributed by atoms with Gasteiger partial charge in [0, 0.05) is 18.0 Å². The van der Waals surface area contributed by atoms with Gasteiger partial charge in [0.05, 0.1) is 23.8 Å². The Morgan fingerprint density at radius 3 is 3.00 bits per heavy atom. The van der Waals surface area contributed by atoms with Gasteiger partial charge in [0.15, 0.2) is 9.84 Å². The van der Waals surface area contributed by atoms with Crippen molar-refractivity contribution in [2.24, 2.45) is 0 Å². The third kappa shape index (κ3) is 2.89. The van der Waals surface area contributed by atoms with Crippen molar-refractivity contribution >= 4 is 15.7 Å². The highest BCUT2D eigenvalue weighted by Crippen LogP contribution is 2.29. The van der Waals surface area contributed by atoms with Crippen LogP contribution in [-0.4, -0.2) is 48.7 Å². The zero-order chi connectivity index (χ0) is 16.7. The van der Waals surface area contributed by atoms with Gasteiger partial charge in [-0.25, -0.2) is 8.42 Å². The molecule has 1 saturated heterocycles. The van der Waals surface area contributed by atoms with Crippen LogP contribution in [-0.2, 0) is 16.3 Å². The number of sulfone groups is 1. The summed E-state index contributed by atoms with van der Waals surface area (Å²) >= 11 is 0. The van der Waals surface area contributed by atoms with E-state index in [1.54, 1.807) is 6.07 Å². The predicted molar refractivity (Wildman–Crippen MR) is 87.7 cm³/mol. The number of carbonyl (C=O) groups is 1. The molecule has 0 aliphatic carbocycles. The summed E-state index contributed by atoms with van der Waals surface area (Å²) in [7, 11) is -3.02. The summed E-state index contributed by atoms with van der Waals surface area (Å²) in [5, 5.41) is 9.66. The molecule has 1 amide bonds. The van der Waals surface area contributed by atoms with E-state index in [4.69, 9.17) is 4.74 Å². The number of nitrogens with one attached hydrogen (secondary N) is 2. The Balaban J connectivity index is 1.49. The van der Waals surface area contributed by atoms with Crippen molar-refractivity contribution < 1.29 is 17.9 Å². The van der Waals surface area contributed by atoms with E-state index in [0.29, 0.717) is 24.4 Å². The molecule has 2 N–H and O–H groups in total. The van der Waals surface area contributed by atoms with Gasteiger partial charge in [0.2, 0.25) is 0 Å². The highest BCUT2D eigenvalue weighted by molar-refractivity contribution is 7.91. The van der Waals surface area contributed by atoms with Crippen molar-refractivity contribution in [1.29, 1.82) is 0 Å². The Bertz CT molecular complexity index is 904. The molecule has 0 bridgehead atoms. The van der Waals surface area contributed by atoms with E-state index in [0.717, 1.165) is 23.3 Å². The lowest BCUT2D eigenvalue weighted by molar-refractivity contribution is 0.0936. The number of amides is 1. The average Bonchev–Trinajstić information content (AvgIpc) is 3.25. The van der Waals surface area contributed by atoms with Crippen LogP contribution in [0, 0.1) is 0 Å². The lowest BCUT2D eigenvalue weighted by Crippen LogP contribution is -2.35. The highest BCUT2D eigenvalue weighted by atomic mass is 32.2. The van der Waals surface area contributed by atoms with Crippen LogP contribution in [0.25, 0.3) is 11.3 Å². The van der Waals surface area contributed by atoms with Gasteiger partial charge < -0.3 is 10.1 Å².